The highest BCUT2D eigenvalue weighted by Crippen LogP contribution is 2.03. The fraction of sp³-hybridized carbons (Fsp3) is 0.600. The van der Waals surface area contributed by atoms with Crippen LogP contribution in [-0.2, 0) is 9.59 Å². The average molecular weight is 320 g/mol. The molecule has 0 saturated carbocycles. The fourth-order valence-corrected chi connectivity index (χ4v) is 2.08. The Morgan fingerprint density at radius 3 is 2.13 bits per heavy atom. The Labute approximate surface area is 141 Å². The van der Waals surface area contributed by atoms with Crippen molar-refractivity contribution in [3.05, 3.63) is 36.5 Å². The summed E-state index contributed by atoms with van der Waals surface area (Å²) < 4.78 is 0. The molecule has 3 nitrogen and oxygen atoms in total. The summed E-state index contributed by atoms with van der Waals surface area (Å²) in [6.45, 7) is 2.21. The zero-order valence-electron chi connectivity index (χ0n) is 14.5. The molecule has 0 rings (SSSR count). The van der Waals surface area contributed by atoms with Crippen LogP contribution >= 0.6 is 0 Å². The number of aliphatic carboxylic acids is 1. The maximum atomic E-state index is 11.6. The van der Waals surface area contributed by atoms with Gasteiger partial charge in [-0.15, -0.1) is 0 Å². The molecule has 0 radical (unpaired) electrons. The Morgan fingerprint density at radius 1 is 0.783 bits per heavy atom. The first-order valence-corrected chi connectivity index (χ1v) is 8.88. The van der Waals surface area contributed by atoms with E-state index in [9.17, 15) is 9.59 Å². The van der Waals surface area contributed by atoms with Gasteiger partial charge in [-0.25, -0.2) is 0 Å². The van der Waals surface area contributed by atoms with Crippen molar-refractivity contribution in [2.45, 2.75) is 77.6 Å². The standard InChI is InChI=1S/C20H32O3/c1-2-3-4-5-6-7-8-9-10-13-16-19(21)17-14-11-12-15-18-20(22)23/h6-7,9-10,14,17H,2-5,8,11-13,15-16,18H2,1H3,(H,22,23). The van der Waals surface area contributed by atoms with E-state index in [1.165, 1.54) is 19.3 Å². The number of ketones is 1. The third kappa shape index (κ3) is 18.3. The SMILES string of the molecule is CCCCCC=CCC=CCCC(=O)C=CCCCCC(=O)O. The third-order valence-electron chi connectivity index (χ3n) is 3.45. The molecule has 23 heavy (non-hydrogen) atoms. The van der Waals surface area contributed by atoms with Crippen molar-refractivity contribution in [2.24, 2.45) is 0 Å². The van der Waals surface area contributed by atoms with E-state index < -0.39 is 5.97 Å². The van der Waals surface area contributed by atoms with Gasteiger partial charge in [0.05, 0.1) is 0 Å². The molecule has 0 saturated heterocycles. The maximum absolute atomic E-state index is 11.6. The smallest absolute Gasteiger partial charge is 0.303 e. The van der Waals surface area contributed by atoms with E-state index in [0.29, 0.717) is 12.8 Å². The second-order valence-corrected chi connectivity index (χ2v) is 5.72. The number of carboxylic acid groups (broad SMARTS) is 1. The summed E-state index contributed by atoms with van der Waals surface area (Å²) in [5, 5.41) is 8.50. The van der Waals surface area contributed by atoms with Crippen LogP contribution in [0.1, 0.15) is 77.6 Å². The first-order chi connectivity index (χ1) is 11.2. The topological polar surface area (TPSA) is 54.4 Å². The Balaban J connectivity index is 3.51. The van der Waals surface area contributed by atoms with Crippen LogP contribution in [-0.4, -0.2) is 16.9 Å². The van der Waals surface area contributed by atoms with E-state index in [-0.39, 0.29) is 12.2 Å². The number of rotatable bonds is 15. The Kier molecular flexibility index (Phi) is 15.5. The second-order valence-electron chi connectivity index (χ2n) is 5.72. The van der Waals surface area contributed by atoms with Crippen LogP contribution in [0.15, 0.2) is 36.5 Å². The van der Waals surface area contributed by atoms with Crippen molar-refractivity contribution in [1.29, 1.82) is 0 Å². The summed E-state index contributed by atoms with van der Waals surface area (Å²) in [4.78, 5) is 21.9. The van der Waals surface area contributed by atoms with Crippen LogP contribution in [0.4, 0.5) is 0 Å². The van der Waals surface area contributed by atoms with E-state index in [1.807, 2.05) is 6.08 Å². The van der Waals surface area contributed by atoms with Gasteiger partial charge in [-0.1, -0.05) is 50.1 Å². The molecule has 0 aliphatic heterocycles. The molecule has 130 valence electrons. The molecule has 0 spiro atoms. The number of allylic oxidation sites excluding steroid dienone is 6. The lowest BCUT2D eigenvalue weighted by Gasteiger charge is -1.94. The number of hydrogen-bond acceptors (Lipinski definition) is 2. The van der Waals surface area contributed by atoms with Crippen LogP contribution in [0.5, 0.6) is 0 Å². The highest BCUT2D eigenvalue weighted by Gasteiger charge is 1.96. The lowest BCUT2D eigenvalue weighted by Crippen LogP contribution is -1.93. The average Bonchev–Trinajstić information content (AvgIpc) is 2.52. The van der Waals surface area contributed by atoms with Gasteiger partial charge in [-0.3, -0.25) is 9.59 Å². The van der Waals surface area contributed by atoms with Crippen molar-refractivity contribution < 1.29 is 14.7 Å². The van der Waals surface area contributed by atoms with Gasteiger partial charge in [-0.2, -0.15) is 0 Å². The van der Waals surface area contributed by atoms with E-state index >= 15 is 0 Å². The fourth-order valence-electron chi connectivity index (χ4n) is 2.08. The minimum atomic E-state index is -0.757. The molecule has 3 heteroatoms. The normalized spacial score (nSPS) is 11.9. The molecule has 0 aromatic carbocycles. The minimum absolute atomic E-state index is 0.142. The van der Waals surface area contributed by atoms with Crippen LogP contribution in [0.25, 0.3) is 0 Å². The molecule has 0 aliphatic rings. The molecule has 0 bridgehead atoms. The number of hydrogen-bond donors (Lipinski definition) is 1. The molecular weight excluding hydrogens is 288 g/mol. The summed E-state index contributed by atoms with van der Waals surface area (Å²) in [6, 6.07) is 0. The van der Waals surface area contributed by atoms with E-state index in [2.05, 4.69) is 31.2 Å². The highest BCUT2D eigenvalue weighted by molar-refractivity contribution is 5.89. The van der Waals surface area contributed by atoms with E-state index in [0.717, 1.165) is 32.1 Å². The number of carbonyl (C=O) groups excluding carboxylic acids is 1. The first-order valence-electron chi connectivity index (χ1n) is 8.88. The molecule has 1 N–H and O–H groups in total. The van der Waals surface area contributed by atoms with E-state index in [4.69, 9.17) is 5.11 Å². The Morgan fingerprint density at radius 2 is 1.43 bits per heavy atom. The highest BCUT2D eigenvalue weighted by atomic mass is 16.4. The van der Waals surface area contributed by atoms with Gasteiger partial charge < -0.3 is 5.11 Å². The zero-order valence-corrected chi connectivity index (χ0v) is 14.5. The predicted molar refractivity (Wildman–Crippen MR) is 96.5 cm³/mol. The predicted octanol–water partition coefficient (Wildman–Crippen LogP) is 5.62. The van der Waals surface area contributed by atoms with Crippen molar-refractivity contribution >= 4 is 11.8 Å². The number of unbranched alkanes of at least 4 members (excludes halogenated alkanes) is 5. The van der Waals surface area contributed by atoms with Crippen LogP contribution in [0.2, 0.25) is 0 Å². The van der Waals surface area contributed by atoms with Crippen molar-refractivity contribution in [3.8, 4) is 0 Å². The van der Waals surface area contributed by atoms with Crippen molar-refractivity contribution in [2.75, 3.05) is 0 Å². The van der Waals surface area contributed by atoms with Gasteiger partial charge in [0.25, 0.3) is 0 Å². The number of carboxylic acids is 1. The third-order valence-corrected chi connectivity index (χ3v) is 3.45. The molecular formula is C20H32O3. The summed E-state index contributed by atoms with van der Waals surface area (Å²) in [6.07, 6.45) is 21.8. The molecule has 0 aromatic heterocycles. The van der Waals surface area contributed by atoms with Crippen LogP contribution in [0, 0.1) is 0 Å². The molecule has 0 fully saturated rings. The largest absolute Gasteiger partial charge is 0.481 e. The number of carbonyl (C=O) groups is 2. The summed E-state index contributed by atoms with van der Waals surface area (Å²) >= 11 is 0. The van der Waals surface area contributed by atoms with Gasteiger partial charge in [0.2, 0.25) is 0 Å². The second kappa shape index (κ2) is 16.7. The van der Waals surface area contributed by atoms with Crippen LogP contribution < -0.4 is 0 Å². The monoisotopic (exact) mass is 320 g/mol. The molecule has 0 aliphatic carbocycles. The zero-order chi connectivity index (χ0) is 17.2. The van der Waals surface area contributed by atoms with Crippen molar-refractivity contribution in [1.82, 2.24) is 0 Å². The molecule has 0 unspecified atom stereocenters. The van der Waals surface area contributed by atoms with Gasteiger partial charge in [0.15, 0.2) is 5.78 Å². The summed E-state index contributed by atoms with van der Waals surface area (Å²) in [5.41, 5.74) is 0. The quantitative estimate of drug-likeness (QED) is 0.242. The van der Waals surface area contributed by atoms with Crippen LogP contribution in [0.3, 0.4) is 0 Å². The van der Waals surface area contributed by atoms with Gasteiger partial charge in [0, 0.05) is 12.8 Å². The molecule has 0 aromatic rings. The van der Waals surface area contributed by atoms with Crippen molar-refractivity contribution in [3.63, 3.8) is 0 Å². The van der Waals surface area contributed by atoms with Gasteiger partial charge in [-0.05, 0) is 51.0 Å². The van der Waals surface area contributed by atoms with Gasteiger partial charge >= 0.3 is 5.97 Å². The summed E-state index contributed by atoms with van der Waals surface area (Å²) in [5.74, 6) is -0.615. The first kappa shape index (κ1) is 21.4. The molecule has 0 heterocycles. The summed E-state index contributed by atoms with van der Waals surface area (Å²) in [7, 11) is 0. The Bertz CT molecular complexity index is 392. The molecule has 0 atom stereocenters. The minimum Gasteiger partial charge on any atom is -0.481 e. The van der Waals surface area contributed by atoms with E-state index in [1.54, 1.807) is 6.08 Å². The molecule has 0 amide bonds. The maximum Gasteiger partial charge on any atom is 0.303 e. The lowest BCUT2D eigenvalue weighted by atomic mass is 10.1. The van der Waals surface area contributed by atoms with Gasteiger partial charge in [0.1, 0.15) is 0 Å². The Hall–Kier alpha value is -1.64. The lowest BCUT2D eigenvalue weighted by molar-refractivity contribution is -0.137.